The first-order valence-electron chi connectivity index (χ1n) is 6.41. The Morgan fingerprint density at radius 3 is 2.38 bits per heavy atom. The highest BCUT2D eigenvalue weighted by Gasteiger charge is 2.33. The van der Waals surface area contributed by atoms with Gasteiger partial charge >= 0.3 is 6.18 Å². The molecule has 1 amide bonds. The number of carbonyl (C=O) groups excluding carboxylic acids is 1. The Labute approximate surface area is 126 Å². The number of amides is 1. The Hall–Kier alpha value is -1.43. The van der Waals surface area contributed by atoms with Crippen LogP contribution in [0, 0.1) is 0 Å². The first kappa shape index (κ1) is 17.6. The number of alkyl halides is 3. The molecule has 3 nitrogen and oxygen atoms in total. The minimum Gasteiger partial charge on any atom is -0.385 e. The second-order valence-corrected chi connectivity index (χ2v) is 6.07. The maximum Gasteiger partial charge on any atom is 0.417 e. The zero-order valence-corrected chi connectivity index (χ0v) is 12.8. The van der Waals surface area contributed by atoms with Crippen LogP contribution in [0.25, 0.3) is 0 Å². The predicted molar refractivity (Wildman–Crippen MR) is 77.5 cm³/mol. The molecule has 0 aliphatic heterocycles. The molecule has 1 rings (SSSR count). The monoisotopic (exact) mass is 322 g/mol. The fraction of sp³-hybridized carbons (Fsp3) is 0.500. The lowest BCUT2D eigenvalue weighted by Crippen LogP contribution is -2.41. The molecule has 0 saturated carbocycles. The van der Waals surface area contributed by atoms with Gasteiger partial charge < -0.3 is 10.6 Å². The topological polar surface area (TPSA) is 41.1 Å². The van der Waals surface area contributed by atoms with Crippen LogP contribution < -0.4 is 10.6 Å². The van der Waals surface area contributed by atoms with E-state index in [9.17, 15) is 18.0 Å². The third kappa shape index (κ3) is 6.25. The van der Waals surface area contributed by atoms with Crippen molar-refractivity contribution in [2.75, 3.05) is 11.9 Å². The summed E-state index contributed by atoms with van der Waals surface area (Å²) in [5.74, 6) is -0.167. The summed E-state index contributed by atoms with van der Waals surface area (Å²) in [6, 6.07) is 3.56. The van der Waals surface area contributed by atoms with Gasteiger partial charge in [0.15, 0.2) is 0 Å². The van der Waals surface area contributed by atoms with E-state index in [2.05, 4.69) is 10.6 Å². The van der Waals surface area contributed by atoms with Crippen LogP contribution in [0.5, 0.6) is 0 Å². The minimum atomic E-state index is -4.50. The van der Waals surface area contributed by atoms with E-state index < -0.39 is 11.7 Å². The van der Waals surface area contributed by atoms with Crippen LogP contribution in [0.3, 0.4) is 0 Å². The van der Waals surface area contributed by atoms with Gasteiger partial charge in [0.05, 0.1) is 10.6 Å². The van der Waals surface area contributed by atoms with Crippen molar-refractivity contribution in [1.82, 2.24) is 5.32 Å². The molecule has 0 aliphatic rings. The summed E-state index contributed by atoms with van der Waals surface area (Å²) in [7, 11) is 0. The first-order valence-corrected chi connectivity index (χ1v) is 6.78. The van der Waals surface area contributed by atoms with Crippen LogP contribution in [-0.2, 0) is 11.0 Å². The van der Waals surface area contributed by atoms with Crippen molar-refractivity contribution in [1.29, 1.82) is 0 Å². The van der Waals surface area contributed by atoms with Gasteiger partial charge in [0.25, 0.3) is 0 Å². The lowest BCUT2D eigenvalue weighted by Gasteiger charge is -2.20. The lowest BCUT2D eigenvalue weighted by molar-refractivity contribution is -0.137. The number of benzene rings is 1. The Morgan fingerprint density at radius 1 is 1.24 bits per heavy atom. The number of halogens is 4. The Bertz CT molecular complexity index is 510. The molecule has 0 aromatic heterocycles. The predicted octanol–water partition coefficient (Wildman–Crippen LogP) is 4.08. The van der Waals surface area contributed by atoms with Crippen molar-refractivity contribution < 1.29 is 18.0 Å². The lowest BCUT2D eigenvalue weighted by atomic mass is 10.1. The third-order valence-electron chi connectivity index (χ3n) is 2.47. The van der Waals surface area contributed by atoms with E-state index >= 15 is 0 Å². The van der Waals surface area contributed by atoms with Gasteiger partial charge in [-0.15, -0.1) is 0 Å². The van der Waals surface area contributed by atoms with Gasteiger partial charge in [0.2, 0.25) is 5.91 Å². The highest BCUT2D eigenvalue weighted by atomic mass is 35.5. The van der Waals surface area contributed by atoms with Crippen LogP contribution in [0.4, 0.5) is 18.9 Å². The molecular weight excluding hydrogens is 305 g/mol. The van der Waals surface area contributed by atoms with E-state index in [1.807, 2.05) is 20.8 Å². The first-order chi connectivity index (χ1) is 9.49. The normalized spacial score (nSPS) is 12.1. The van der Waals surface area contributed by atoms with Crippen molar-refractivity contribution in [3.63, 3.8) is 0 Å². The van der Waals surface area contributed by atoms with Gasteiger partial charge in [-0.1, -0.05) is 11.6 Å². The molecule has 1 aromatic rings. The summed E-state index contributed by atoms with van der Waals surface area (Å²) in [5.41, 5.74) is -0.954. The number of carbonyl (C=O) groups is 1. The molecule has 0 aliphatic carbocycles. The van der Waals surface area contributed by atoms with E-state index in [-0.39, 0.29) is 35.1 Å². The van der Waals surface area contributed by atoms with Crippen molar-refractivity contribution in [2.24, 2.45) is 0 Å². The van der Waals surface area contributed by atoms with Crippen LogP contribution >= 0.6 is 11.6 Å². The van der Waals surface area contributed by atoms with Gasteiger partial charge in [0.1, 0.15) is 0 Å². The fourth-order valence-corrected chi connectivity index (χ4v) is 1.88. The average molecular weight is 323 g/mol. The molecule has 0 radical (unpaired) electrons. The van der Waals surface area contributed by atoms with Gasteiger partial charge in [-0.05, 0) is 39.0 Å². The number of hydrogen-bond acceptors (Lipinski definition) is 2. The van der Waals surface area contributed by atoms with Crippen molar-refractivity contribution in [3.05, 3.63) is 28.8 Å². The second-order valence-electron chi connectivity index (χ2n) is 5.67. The van der Waals surface area contributed by atoms with Gasteiger partial charge in [0, 0.05) is 24.2 Å². The van der Waals surface area contributed by atoms with Gasteiger partial charge in [-0.25, -0.2) is 0 Å². The molecule has 0 saturated heterocycles. The molecule has 0 bridgehead atoms. The molecule has 0 spiro atoms. The Morgan fingerprint density at radius 2 is 1.86 bits per heavy atom. The number of rotatable bonds is 4. The van der Waals surface area contributed by atoms with E-state index in [4.69, 9.17) is 11.6 Å². The maximum absolute atomic E-state index is 12.7. The van der Waals surface area contributed by atoms with E-state index in [1.54, 1.807) is 0 Å². The molecule has 1 aromatic carbocycles. The Balaban J connectivity index is 2.59. The molecular formula is C14H18ClF3N2O. The summed E-state index contributed by atoms with van der Waals surface area (Å²) in [6.07, 6.45) is -4.33. The highest BCUT2D eigenvalue weighted by Crippen LogP contribution is 2.36. The zero-order valence-electron chi connectivity index (χ0n) is 12.1. The number of hydrogen-bond donors (Lipinski definition) is 2. The quantitative estimate of drug-likeness (QED) is 0.877. The number of nitrogens with one attached hydrogen (secondary N) is 2. The van der Waals surface area contributed by atoms with Crippen molar-refractivity contribution >= 4 is 23.2 Å². The molecule has 21 heavy (non-hydrogen) atoms. The summed E-state index contributed by atoms with van der Waals surface area (Å²) in [5, 5.41) is 5.20. The van der Waals surface area contributed by atoms with E-state index in [0.717, 1.165) is 6.07 Å². The van der Waals surface area contributed by atoms with E-state index in [1.165, 1.54) is 12.1 Å². The maximum atomic E-state index is 12.7. The van der Waals surface area contributed by atoms with Gasteiger partial charge in [-0.3, -0.25) is 4.79 Å². The summed E-state index contributed by atoms with van der Waals surface area (Å²) in [6.45, 7) is 5.80. The molecule has 7 heteroatoms. The molecule has 0 heterocycles. The van der Waals surface area contributed by atoms with Crippen LogP contribution in [0.15, 0.2) is 18.2 Å². The highest BCUT2D eigenvalue weighted by molar-refractivity contribution is 6.31. The smallest absolute Gasteiger partial charge is 0.385 e. The zero-order chi connectivity index (χ0) is 16.3. The largest absolute Gasteiger partial charge is 0.417 e. The van der Waals surface area contributed by atoms with Crippen LogP contribution in [0.2, 0.25) is 5.02 Å². The second kappa shape index (κ2) is 6.56. The van der Waals surface area contributed by atoms with Crippen molar-refractivity contribution in [3.8, 4) is 0 Å². The van der Waals surface area contributed by atoms with E-state index in [0.29, 0.717) is 0 Å². The average Bonchev–Trinajstić information content (AvgIpc) is 2.27. The van der Waals surface area contributed by atoms with Gasteiger partial charge in [-0.2, -0.15) is 13.2 Å². The molecule has 0 fully saturated rings. The molecule has 2 N–H and O–H groups in total. The van der Waals surface area contributed by atoms with Crippen molar-refractivity contribution in [2.45, 2.75) is 38.9 Å². The summed E-state index contributed by atoms with van der Waals surface area (Å²) < 4.78 is 38.1. The van der Waals surface area contributed by atoms with Crippen LogP contribution in [0.1, 0.15) is 32.8 Å². The molecule has 118 valence electrons. The SMILES string of the molecule is CC(C)(C)NC(=O)CCNc1ccc(Cl)c(C(F)(F)F)c1. The Kier molecular flexibility index (Phi) is 5.50. The third-order valence-corrected chi connectivity index (χ3v) is 2.80. The fourth-order valence-electron chi connectivity index (χ4n) is 1.65. The summed E-state index contributed by atoms with van der Waals surface area (Å²) in [4.78, 5) is 11.6. The number of anilines is 1. The van der Waals surface area contributed by atoms with Crippen LogP contribution in [-0.4, -0.2) is 18.0 Å². The molecule has 0 atom stereocenters. The standard InChI is InChI=1S/C14H18ClF3N2O/c1-13(2,3)20-12(21)6-7-19-9-4-5-11(15)10(8-9)14(16,17)18/h4-5,8,19H,6-7H2,1-3H3,(H,20,21). The summed E-state index contributed by atoms with van der Waals surface area (Å²) >= 11 is 5.53. The molecule has 0 unspecified atom stereocenters. The minimum absolute atomic E-state index is 0.167.